The Hall–Kier alpha value is 1.78. The molecule has 0 heterocycles. The third-order valence-electron chi connectivity index (χ3n) is 0. The van der Waals surface area contributed by atoms with E-state index in [0.29, 0.717) is 0 Å². The molecule has 0 fully saturated rings. The number of nitrogens with zero attached hydrogens (tertiary/aromatic N) is 6. The first-order chi connectivity index (χ1) is 8.49. The average Bonchev–Trinajstić information content (AvgIpc) is 2.23. The third-order valence-corrected chi connectivity index (χ3v) is 0. The summed E-state index contributed by atoms with van der Waals surface area (Å²) in [6.45, 7) is 0. The normalized spacial score (nSPS) is 3.13. The first-order valence-electron chi connectivity index (χ1n) is 2.19. The van der Waals surface area contributed by atoms with Crippen LogP contribution in [0.4, 0.5) is 0 Å². The van der Waals surface area contributed by atoms with Crippen LogP contribution in [0.3, 0.4) is 0 Å². The van der Waals surface area contributed by atoms with Gasteiger partial charge >= 0.3 is 171 Å². The van der Waals surface area contributed by atoms with Crippen molar-refractivity contribution in [2.24, 2.45) is 32.0 Å². The maximum absolute atomic E-state index is 8.00. The summed E-state index contributed by atoms with van der Waals surface area (Å²) >= 11 is 0. The molecule has 0 aliphatic heterocycles. The van der Waals surface area contributed by atoms with E-state index in [2.05, 4.69) is 0 Å². The Balaban J connectivity index is -0.00000000800. The van der Waals surface area contributed by atoms with Crippen molar-refractivity contribution in [3.63, 3.8) is 0 Å². The number of rotatable bonds is 0. The Kier molecular flexibility index (Phi) is 655. The monoisotopic (exact) mass is 470 g/mol. The smallest absolute Gasteiger partial charge is 0.444 e. The molecule has 0 unspecified atom stereocenters. The van der Waals surface area contributed by atoms with Gasteiger partial charge in [0, 0.05) is 0 Å². The maximum Gasteiger partial charge on any atom is 3.00 e. The summed E-state index contributed by atoms with van der Waals surface area (Å²) < 4.78 is 0. The fraction of sp³-hybridized carbons (Fsp3) is 0. The van der Waals surface area contributed by atoms with Crippen molar-refractivity contribution in [1.82, 2.24) is 0 Å². The third kappa shape index (κ3) is 3580. The second-order valence-corrected chi connectivity index (χ2v) is 0.447. The SMILES string of the molecule is O.O=N[O-].O=N[O-].O=N[O-].O=N[O-].O=N[O-].O=N[O-].[Co+3].[K+].[K+].[K+]. The molecule has 0 aliphatic carbocycles. The standard InChI is InChI=1S/Co.3K.6HNO2.H2O/c;;;;6*2-1-3;/h;;;;6*(H,2,3);1H2/q+3;3*+1;;;;;;;/p-6. The Morgan fingerprint density at radius 3 is 0.391 bits per heavy atom. The molecular weight excluding hydrogens is 468 g/mol. The van der Waals surface area contributed by atoms with Gasteiger partial charge in [-0.15, -0.1) is 32.0 Å². The van der Waals surface area contributed by atoms with Crippen LogP contribution in [0.2, 0.25) is 0 Å². The zero-order chi connectivity index (χ0) is 16.2. The first-order valence-corrected chi connectivity index (χ1v) is 2.19. The molecule has 0 aliphatic rings. The molecular formula is H2CoK3N6O13. The van der Waals surface area contributed by atoms with E-state index in [1.165, 1.54) is 0 Å². The van der Waals surface area contributed by atoms with Gasteiger partial charge in [0.15, 0.2) is 0 Å². The van der Waals surface area contributed by atoms with E-state index in [0.717, 1.165) is 32.0 Å². The van der Waals surface area contributed by atoms with E-state index in [4.69, 9.17) is 60.7 Å². The molecule has 122 valence electrons. The summed E-state index contributed by atoms with van der Waals surface area (Å²) in [4.78, 5) is 48.0. The molecule has 0 saturated heterocycles. The van der Waals surface area contributed by atoms with Crippen molar-refractivity contribution >= 4 is 0 Å². The van der Waals surface area contributed by atoms with Crippen LogP contribution in [-0.4, -0.2) is 5.48 Å². The van der Waals surface area contributed by atoms with Gasteiger partial charge in [-0.25, -0.2) is 0 Å². The van der Waals surface area contributed by atoms with Crippen LogP contribution in [-0.2, 0) is 16.8 Å². The minimum Gasteiger partial charge on any atom is -0.444 e. The van der Waals surface area contributed by atoms with Gasteiger partial charge < -0.3 is 66.2 Å². The molecule has 0 aromatic rings. The first kappa shape index (κ1) is 73.8. The van der Waals surface area contributed by atoms with Crippen LogP contribution < -0.4 is 154 Å². The Bertz CT molecular complexity index is 127. The van der Waals surface area contributed by atoms with E-state index in [1.807, 2.05) is 0 Å². The molecule has 0 rings (SSSR count). The van der Waals surface area contributed by atoms with Gasteiger partial charge in [-0.05, 0) is 0 Å². The minimum absolute atomic E-state index is 0. The van der Waals surface area contributed by atoms with Crippen LogP contribution in [0.1, 0.15) is 0 Å². The van der Waals surface area contributed by atoms with E-state index in [9.17, 15) is 0 Å². The summed E-state index contributed by atoms with van der Waals surface area (Å²) in [5, 5.41) is 54.0. The van der Waals surface area contributed by atoms with E-state index in [1.54, 1.807) is 0 Å². The molecule has 0 radical (unpaired) electrons. The minimum atomic E-state index is 0. The topological polar surface area (TPSA) is 346 Å². The van der Waals surface area contributed by atoms with Crippen molar-refractivity contribution in [1.29, 1.82) is 0 Å². The van der Waals surface area contributed by atoms with Gasteiger partial charge in [0.1, 0.15) is 0 Å². The van der Waals surface area contributed by atoms with Gasteiger partial charge in [-0.1, -0.05) is 0 Å². The largest absolute Gasteiger partial charge is 3.00 e. The Morgan fingerprint density at radius 1 is 0.391 bits per heavy atom. The average molecular weight is 470 g/mol. The van der Waals surface area contributed by atoms with Crippen LogP contribution in [0.15, 0.2) is 32.0 Å². The molecule has 23 heavy (non-hydrogen) atoms. The second-order valence-electron chi connectivity index (χ2n) is 0.447. The summed E-state index contributed by atoms with van der Waals surface area (Å²) in [5.74, 6) is 0. The summed E-state index contributed by atoms with van der Waals surface area (Å²) in [6.07, 6.45) is 0. The molecule has 23 heteroatoms. The van der Waals surface area contributed by atoms with Gasteiger partial charge in [-0.2, -0.15) is 0 Å². The number of hydrogen-bond donors (Lipinski definition) is 0. The van der Waals surface area contributed by atoms with Gasteiger partial charge in [0.2, 0.25) is 0 Å². The van der Waals surface area contributed by atoms with Crippen molar-refractivity contribution in [2.45, 2.75) is 0 Å². The number of hydrogen-bond acceptors (Lipinski definition) is 18. The molecule has 0 aromatic carbocycles. The van der Waals surface area contributed by atoms with Crippen molar-refractivity contribution < 1.29 is 176 Å². The molecule has 0 amide bonds. The fourth-order valence-electron chi connectivity index (χ4n) is 0. The van der Waals surface area contributed by atoms with Gasteiger partial charge in [0.25, 0.3) is 0 Å². The maximum atomic E-state index is 8.00. The van der Waals surface area contributed by atoms with Crippen LogP contribution in [0, 0.1) is 60.7 Å². The van der Waals surface area contributed by atoms with Gasteiger partial charge in [-0.3, -0.25) is 0 Å². The van der Waals surface area contributed by atoms with Crippen molar-refractivity contribution in [3.05, 3.63) is 60.7 Å². The molecule has 0 saturated carbocycles. The molecule has 0 bridgehead atoms. The fourth-order valence-corrected chi connectivity index (χ4v) is 0. The Labute approximate surface area is 263 Å². The predicted octanol–water partition coefficient (Wildman–Crippen LogP) is -8.31. The van der Waals surface area contributed by atoms with E-state index in [-0.39, 0.29) is 176 Å². The molecule has 0 spiro atoms. The molecule has 0 aromatic heterocycles. The van der Waals surface area contributed by atoms with Crippen LogP contribution >= 0.6 is 0 Å². The summed E-state index contributed by atoms with van der Waals surface area (Å²) in [5.41, 5.74) is 0. The quantitative estimate of drug-likeness (QED) is 0.181. The molecule has 19 nitrogen and oxygen atoms in total. The van der Waals surface area contributed by atoms with Crippen molar-refractivity contribution in [3.8, 4) is 0 Å². The van der Waals surface area contributed by atoms with E-state index >= 15 is 0 Å². The second kappa shape index (κ2) is 204. The zero-order valence-corrected chi connectivity index (χ0v) is 21.8. The summed E-state index contributed by atoms with van der Waals surface area (Å²) in [7, 11) is 0. The molecule has 2 N–H and O–H groups in total. The van der Waals surface area contributed by atoms with Gasteiger partial charge in [0.05, 0.1) is 0 Å². The zero-order valence-electron chi connectivity index (χ0n) is 11.4. The Morgan fingerprint density at radius 2 is 0.391 bits per heavy atom. The van der Waals surface area contributed by atoms with Crippen LogP contribution in [0.25, 0.3) is 0 Å². The summed E-state index contributed by atoms with van der Waals surface area (Å²) in [6, 6.07) is 0. The van der Waals surface area contributed by atoms with Crippen LogP contribution in [0.5, 0.6) is 0 Å². The molecule has 0 atom stereocenters. The predicted molar refractivity (Wildman–Crippen MR) is 58.6 cm³/mol. The van der Waals surface area contributed by atoms with E-state index < -0.39 is 0 Å². The van der Waals surface area contributed by atoms with Crippen molar-refractivity contribution in [2.75, 3.05) is 0 Å².